The number of carboxylic acid groups (broad SMARTS) is 3. The molecule has 1 fully saturated rings. The third-order valence-corrected chi connectivity index (χ3v) is 3.35. The molecule has 1 rings (SSSR count). The number of hydrogen-bond donors (Lipinski definition) is 4. The first-order valence-electron chi connectivity index (χ1n) is 4.73. The molecule has 1 aliphatic rings. The number of carbonyl (C=O) groups excluding carboxylic acids is 1. The number of nitrogens with two attached hydrogens (primary N) is 1. The summed E-state index contributed by atoms with van der Waals surface area (Å²) >= 11 is 0. The largest absolute Gasteiger partial charge is 0.480 e. The van der Waals surface area contributed by atoms with Crippen molar-refractivity contribution in [3.8, 4) is 0 Å². The van der Waals surface area contributed by atoms with Gasteiger partial charge in [-0.1, -0.05) is 0 Å². The van der Waals surface area contributed by atoms with E-state index >= 15 is 0 Å². The molecule has 0 aromatic heterocycles. The molecule has 8 nitrogen and oxygen atoms in total. The fourth-order valence-electron chi connectivity index (χ4n) is 2.44. The zero-order valence-corrected chi connectivity index (χ0v) is 8.67. The van der Waals surface area contributed by atoms with Gasteiger partial charge in [-0.15, -0.1) is 0 Å². The first kappa shape index (κ1) is 12.9. The summed E-state index contributed by atoms with van der Waals surface area (Å²) in [6, 6.07) is 0. The highest BCUT2D eigenvalue weighted by atomic mass is 16.4. The Balaban J connectivity index is 3.58. The molecule has 0 spiro atoms. The van der Waals surface area contributed by atoms with Gasteiger partial charge in [-0.2, -0.15) is 0 Å². The molecule has 1 unspecified atom stereocenters. The molecule has 0 heterocycles. The lowest BCUT2D eigenvalue weighted by Gasteiger charge is -2.33. The molecule has 0 bridgehead atoms. The Labute approximate surface area is 95.0 Å². The quantitative estimate of drug-likeness (QED) is 0.457. The van der Waals surface area contributed by atoms with Crippen LogP contribution in [-0.4, -0.2) is 39.1 Å². The van der Waals surface area contributed by atoms with Crippen LogP contribution in [0.1, 0.15) is 19.3 Å². The second-order valence-corrected chi connectivity index (χ2v) is 3.94. The van der Waals surface area contributed by atoms with Crippen molar-refractivity contribution >= 4 is 23.8 Å². The summed E-state index contributed by atoms with van der Waals surface area (Å²) in [5.41, 5.74) is -0.344. The lowest BCUT2D eigenvalue weighted by Crippen LogP contribution is -2.59. The summed E-state index contributed by atoms with van der Waals surface area (Å²) in [7, 11) is 0. The van der Waals surface area contributed by atoms with Crippen molar-refractivity contribution in [2.75, 3.05) is 0 Å². The van der Waals surface area contributed by atoms with E-state index in [9.17, 15) is 19.2 Å². The van der Waals surface area contributed by atoms with Crippen molar-refractivity contribution in [1.82, 2.24) is 0 Å². The molecule has 0 aliphatic heterocycles. The maximum Gasteiger partial charge on any atom is 0.322 e. The van der Waals surface area contributed by atoms with E-state index in [2.05, 4.69) is 0 Å². The lowest BCUT2D eigenvalue weighted by atomic mass is 9.64. The van der Waals surface area contributed by atoms with E-state index < -0.39 is 47.5 Å². The predicted molar refractivity (Wildman–Crippen MR) is 50.8 cm³/mol. The zero-order valence-electron chi connectivity index (χ0n) is 8.67. The molecule has 1 atom stereocenters. The van der Waals surface area contributed by atoms with Crippen molar-refractivity contribution in [3.05, 3.63) is 0 Å². The highest BCUT2D eigenvalue weighted by Gasteiger charge is 2.72. The lowest BCUT2D eigenvalue weighted by molar-refractivity contribution is -0.185. The Morgan fingerprint density at radius 3 is 1.41 bits per heavy atom. The van der Waals surface area contributed by atoms with Crippen molar-refractivity contribution in [1.29, 1.82) is 0 Å². The smallest absolute Gasteiger partial charge is 0.322 e. The summed E-state index contributed by atoms with van der Waals surface area (Å²) in [6.45, 7) is 0. The van der Waals surface area contributed by atoms with E-state index in [1.165, 1.54) is 0 Å². The molecule has 94 valence electrons. The average Bonchev–Trinajstić information content (AvgIpc) is 2.58. The molecular weight excluding hydrogens is 234 g/mol. The molecule has 17 heavy (non-hydrogen) atoms. The van der Waals surface area contributed by atoms with Crippen LogP contribution < -0.4 is 5.73 Å². The van der Waals surface area contributed by atoms with E-state index in [0.29, 0.717) is 0 Å². The van der Waals surface area contributed by atoms with Crippen LogP contribution in [0.25, 0.3) is 0 Å². The maximum absolute atomic E-state index is 11.3. The van der Waals surface area contributed by atoms with Crippen LogP contribution >= 0.6 is 0 Å². The van der Waals surface area contributed by atoms with Crippen LogP contribution in [-0.2, 0) is 19.2 Å². The van der Waals surface area contributed by atoms with Crippen LogP contribution in [0.15, 0.2) is 0 Å². The third-order valence-electron chi connectivity index (χ3n) is 3.35. The van der Waals surface area contributed by atoms with Gasteiger partial charge < -0.3 is 21.1 Å². The molecule has 1 aliphatic carbocycles. The number of amides is 1. The van der Waals surface area contributed by atoms with Crippen LogP contribution in [0.5, 0.6) is 0 Å². The fourth-order valence-corrected chi connectivity index (χ4v) is 2.44. The van der Waals surface area contributed by atoms with Gasteiger partial charge in [0.1, 0.15) is 0 Å². The van der Waals surface area contributed by atoms with Crippen LogP contribution in [0, 0.1) is 10.8 Å². The maximum atomic E-state index is 11.3. The fraction of sp³-hybridized carbons (Fsp3) is 0.556. The van der Waals surface area contributed by atoms with Gasteiger partial charge in [0.25, 0.3) is 0 Å². The van der Waals surface area contributed by atoms with E-state index in [-0.39, 0.29) is 6.42 Å². The Hall–Kier alpha value is -2.12. The van der Waals surface area contributed by atoms with E-state index in [0.717, 1.165) is 0 Å². The summed E-state index contributed by atoms with van der Waals surface area (Å²) in [5, 5.41) is 27.1. The van der Waals surface area contributed by atoms with E-state index in [1.54, 1.807) is 0 Å². The van der Waals surface area contributed by atoms with Gasteiger partial charge in [-0.3, -0.25) is 19.2 Å². The molecule has 0 aromatic carbocycles. The number of hydrogen-bond acceptors (Lipinski definition) is 4. The Kier molecular flexibility index (Phi) is 2.83. The molecule has 0 aromatic rings. The number of aliphatic carboxylic acids is 3. The molecule has 8 heteroatoms. The molecule has 0 saturated heterocycles. The SMILES string of the molecule is NC(=O)C1(C(=O)O)CCCC1(C(=O)O)C(=O)O. The Morgan fingerprint density at radius 1 is 0.824 bits per heavy atom. The van der Waals surface area contributed by atoms with Crippen LogP contribution in [0.2, 0.25) is 0 Å². The minimum atomic E-state index is -2.69. The topological polar surface area (TPSA) is 155 Å². The van der Waals surface area contributed by atoms with E-state index in [1.807, 2.05) is 0 Å². The summed E-state index contributed by atoms with van der Waals surface area (Å²) in [5.74, 6) is -6.97. The second-order valence-electron chi connectivity index (χ2n) is 3.94. The van der Waals surface area contributed by atoms with Gasteiger partial charge in [-0.25, -0.2) is 0 Å². The summed E-state index contributed by atoms with van der Waals surface area (Å²) in [4.78, 5) is 44.7. The Morgan fingerprint density at radius 2 is 1.18 bits per heavy atom. The predicted octanol–water partition coefficient (Wildman–Crippen LogP) is -1.12. The van der Waals surface area contributed by atoms with Crippen LogP contribution in [0.4, 0.5) is 0 Å². The van der Waals surface area contributed by atoms with Gasteiger partial charge in [0, 0.05) is 0 Å². The highest BCUT2D eigenvalue weighted by Crippen LogP contribution is 2.53. The monoisotopic (exact) mass is 245 g/mol. The first-order chi connectivity index (χ1) is 7.73. The minimum absolute atomic E-state index is 0.00611. The Bertz CT molecular complexity index is 348. The average molecular weight is 245 g/mol. The summed E-state index contributed by atoms with van der Waals surface area (Å²) < 4.78 is 0. The van der Waals surface area contributed by atoms with E-state index in [4.69, 9.17) is 21.1 Å². The number of primary amides is 1. The van der Waals surface area contributed by atoms with Crippen LogP contribution in [0.3, 0.4) is 0 Å². The zero-order chi connectivity index (χ0) is 13.4. The molecular formula is C9H11NO7. The molecule has 1 saturated carbocycles. The van der Waals surface area contributed by atoms with Crippen molar-refractivity contribution < 1.29 is 34.5 Å². The number of carboxylic acids is 3. The number of carbonyl (C=O) groups is 4. The third kappa shape index (κ3) is 1.30. The summed E-state index contributed by atoms with van der Waals surface area (Å²) in [6.07, 6.45) is -0.836. The minimum Gasteiger partial charge on any atom is -0.480 e. The second kappa shape index (κ2) is 3.72. The molecule has 5 N–H and O–H groups in total. The van der Waals surface area contributed by atoms with Gasteiger partial charge in [0.05, 0.1) is 0 Å². The van der Waals surface area contributed by atoms with Gasteiger partial charge >= 0.3 is 17.9 Å². The van der Waals surface area contributed by atoms with Crippen molar-refractivity contribution in [2.45, 2.75) is 19.3 Å². The normalized spacial score (nSPS) is 26.4. The highest BCUT2D eigenvalue weighted by molar-refractivity contribution is 6.14. The standard InChI is InChI=1S/C9H11NO7/c10-4(11)8(5(12)13)2-1-3-9(8,6(14)15)7(16)17/h1-3H2,(H2,10,11)(H,12,13)(H,14,15)(H,16,17). The molecule has 1 amide bonds. The first-order valence-corrected chi connectivity index (χ1v) is 4.73. The number of rotatable bonds is 4. The molecule has 0 radical (unpaired) electrons. The van der Waals surface area contributed by atoms with Gasteiger partial charge in [0.2, 0.25) is 5.91 Å². The van der Waals surface area contributed by atoms with Gasteiger partial charge in [-0.05, 0) is 19.3 Å². The van der Waals surface area contributed by atoms with Gasteiger partial charge in [0.15, 0.2) is 10.8 Å². The van der Waals surface area contributed by atoms with Crippen molar-refractivity contribution in [2.24, 2.45) is 16.6 Å². The van der Waals surface area contributed by atoms with Crippen molar-refractivity contribution in [3.63, 3.8) is 0 Å².